The Bertz CT molecular complexity index is 1320. The molecule has 49 heavy (non-hydrogen) atoms. The first-order chi connectivity index (χ1) is 23.3. The van der Waals surface area contributed by atoms with Crippen LogP contribution in [0.25, 0.3) is 0 Å². The lowest BCUT2D eigenvalue weighted by atomic mass is 9.47. The summed E-state index contributed by atoms with van der Waals surface area (Å²) in [6.45, 7) is 11.8. The van der Waals surface area contributed by atoms with Gasteiger partial charge in [0.25, 0.3) is 0 Å². The van der Waals surface area contributed by atoms with Crippen molar-refractivity contribution in [1.82, 2.24) is 0 Å². The summed E-state index contributed by atoms with van der Waals surface area (Å²) in [5.74, 6) is 5.11. The van der Waals surface area contributed by atoms with Crippen LogP contribution in [0, 0.1) is 46.3 Å². The van der Waals surface area contributed by atoms with E-state index in [4.69, 9.17) is 14.2 Å². The molecule has 5 aliphatic rings. The number of carbonyl (C=O) groups is 1. The number of carbonyl (C=O) groups excluding carboxylic acids is 1. The van der Waals surface area contributed by atoms with Crippen molar-refractivity contribution in [1.29, 1.82) is 0 Å². The predicted octanol–water partition coefficient (Wildman–Crippen LogP) is 6.82. The molecule has 1 aromatic rings. The van der Waals surface area contributed by atoms with Gasteiger partial charge in [0.2, 0.25) is 6.29 Å². The van der Waals surface area contributed by atoms with E-state index in [9.17, 15) is 25.2 Å². The van der Waals surface area contributed by atoms with Gasteiger partial charge in [-0.1, -0.05) is 65.5 Å². The zero-order valence-corrected chi connectivity index (χ0v) is 30.2. The Morgan fingerprint density at radius 1 is 0.959 bits per heavy atom. The fraction of sp³-hybridized carbons (Fsp3) is 0.775. The Morgan fingerprint density at radius 2 is 1.71 bits per heavy atom. The fourth-order valence-electron chi connectivity index (χ4n) is 11.0. The molecule has 0 bridgehead atoms. The van der Waals surface area contributed by atoms with E-state index >= 15 is 0 Å². The van der Waals surface area contributed by atoms with E-state index in [0.29, 0.717) is 16.9 Å². The summed E-state index contributed by atoms with van der Waals surface area (Å²) in [5, 5.41) is 42.5. The van der Waals surface area contributed by atoms with Gasteiger partial charge in [0.1, 0.15) is 36.3 Å². The van der Waals surface area contributed by atoms with E-state index in [1.807, 2.05) is 0 Å². The number of amides is 1. The van der Waals surface area contributed by atoms with Crippen molar-refractivity contribution in [3.63, 3.8) is 0 Å². The molecule has 1 aromatic carbocycles. The van der Waals surface area contributed by atoms with Gasteiger partial charge in [-0.2, -0.15) is 0 Å². The lowest BCUT2D eigenvalue weighted by Gasteiger charge is -2.58. The maximum atomic E-state index is 13.0. The van der Waals surface area contributed by atoms with Crippen LogP contribution in [0.5, 0.6) is 5.75 Å². The molecular weight excluding hydrogens is 622 g/mol. The second kappa shape index (κ2) is 14.8. The summed E-state index contributed by atoms with van der Waals surface area (Å²) in [4.78, 5) is 13.0. The van der Waals surface area contributed by atoms with Crippen LogP contribution in [0.1, 0.15) is 105 Å². The van der Waals surface area contributed by atoms with Gasteiger partial charge in [-0.15, -0.1) is 0 Å². The van der Waals surface area contributed by atoms with E-state index in [2.05, 4.69) is 46.0 Å². The molecule has 9 heteroatoms. The average molecular weight is 684 g/mol. The molecule has 10 unspecified atom stereocenters. The highest BCUT2D eigenvalue weighted by Gasteiger charge is 2.59. The van der Waals surface area contributed by atoms with E-state index < -0.39 is 43.4 Å². The quantitative estimate of drug-likeness (QED) is 0.170. The molecule has 1 heterocycles. The molecule has 0 aromatic heterocycles. The van der Waals surface area contributed by atoms with E-state index in [1.165, 1.54) is 56.9 Å². The third-order valence-electron chi connectivity index (χ3n) is 13.7. The molecule has 1 amide bonds. The van der Waals surface area contributed by atoms with Crippen molar-refractivity contribution in [3.05, 3.63) is 35.9 Å². The summed E-state index contributed by atoms with van der Waals surface area (Å²) in [6, 6.07) is 6.50. The Morgan fingerprint density at radius 3 is 2.43 bits per heavy atom. The smallest absolute Gasteiger partial charge is 0.411 e. The van der Waals surface area contributed by atoms with Crippen molar-refractivity contribution in [3.8, 4) is 5.75 Å². The van der Waals surface area contributed by atoms with Crippen LogP contribution in [-0.2, 0) is 9.47 Å². The summed E-state index contributed by atoms with van der Waals surface area (Å²) < 4.78 is 17.0. The number of nitrogens with one attached hydrogen (secondary N) is 1. The Labute approximate surface area is 292 Å². The highest BCUT2D eigenvalue weighted by Crippen LogP contribution is 2.67. The maximum Gasteiger partial charge on any atom is 0.411 e. The first kappa shape index (κ1) is 36.6. The number of anilines is 1. The molecule has 4 fully saturated rings. The van der Waals surface area contributed by atoms with Gasteiger partial charge in [0, 0.05) is 12.1 Å². The van der Waals surface area contributed by atoms with Crippen LogP contribution < -0.4 is 10.1 Å². The molecule has 9 nitrogen and oxygen atoms in total. The molecule has 0 radical (unpaired) electrons. The van der Waals surface area contributed by atoms with Crippen molar-refractivity contribution in [2.75, 3.05) is 11.9 Å². The molecule has 13 atom stereocenters. The zero-order valence-electron chi connectivity index (χ0n) is 30.2. The predicted molar refractivity (Wildman–Crippen MR) is 188 cm³/mol. The van der Waals surface area contributed by atoms with Crippen LogP contribution in [0.3, 0.4) is 0 Å². The number of hydrogen-bond acceptors (Lipinski definition) is 8. The van der Waals surface area contributed by atoms with Crippen molar-refractivity contribution >= 4 is 11.8 Å². The van der Waals surface area contributed by atoms with Crippen molar-refractivity contribution < 1.29 is 39.4 Å². The van der Waals surface area contributed by atoms with Gasteiger partial charge in [-0.3, -0.25) is 5.32 Å². The minimum Gasteiger partial charge on any atom is -0.462 e. The largest absolute Gasteiger partial charge is 0.462 e. The number of fused-ring (bicyclic) bond motifs is 5. The second-order valence-corrected chi connectivity index (χ2v) is 17.0. The lowest BCUT2D eigenvalue weighted by molar-refractivity contribution is -0.277. The van der Waals surface area contributed by atoms with E-state index in [-0.39, 0.29) is 11.5 Å². The monoisotopic (exact) mass is 683 g/mol. The van der Waals surface area contributed by atoms with Crippen LogP contribution in [0.4, 0.5) is 10.5 Å². The topological polar surface area (TPSA) is 138 Å². The van der Waals surface area contributed by atoms with Crippen LogP contribution in [-0.4, -0.2) is 69.9 Å². The first-order valence-corrected chi connectivity index (χ1v) is 19.1. The van der Waals surface area contributed by atoms with Gasteiger partial charge >= 0.3 is 6.09 Å². The number of aliphatic hydroxyl groups is 4. The van der Waals surface area contributed by atoms with E-state index in [0.717, 1.165) is 54.8 Å². The zero-order chi connectivity index (χ0) is 35.1. The average Bonchev–Trinajstić information content (AvgIpc) is 3.43. The Hall–Kier alpha value is -2.17. The number of rotatable bonds is 10. The first-order valence-electron chi connectivity index (χ1n) is 19.1. The number of benzene rings is 1. The molecule has 6 rings (SSSR count). The third kappa shape index (κ3) is 7.30. The normalized spacial score (nSPS) is 40.8. The number of aliphatic hydroxyl groups excluding tert-OH is 4. The molecular formula is C40H61NO8. The number of ether oxygens (including phenoxy) is 3. The van der Waals surface area contributed by atoms with Gasteiger partial charge in [0.15, 0.2) is 0 Å². The highest BCUT2D eigenvalue weighted by atomic mass is 16.7. The van der Waals surface area contributed by atoms with Crippen LogP contribution in [0.2, 0.25) is 0 Å². The highest BCUT2D eigenvalue weighted by molar-refractivity contribution is 5.84. The van der Waals surface area contributed by atoms with Crippen LogP contribution >= 0.6 is 0 Å². The molecule has 4 aliphatic carbocycles. The van der Waals surface area contributed by atoms with Gasteiger partial charge in [-0.25, -0.2) is 4.79 Å². The van der Waals surface area contributed by atoms with Crippen molar-refractivity contribution in [2.24, 2.45) is 46.3 Å². The second-order valence-electron chi connectivity index (χ2n) is 17.0. The van der Waals surface area contributed by atoms with Gasteiger partial charge in [0.05, 0.1) is 6.61 Å². The summed E-state index contributed by atoms with van der Waals surface area (Å²) in [6.07, 6.45) is 8.54. The SMILES string of the molecule is CC(C)CCCC(C)C1CCC2C3CC=C4CC(OC(=O)Nc5ccc(O[C@@H]6OC(CO)[C@H](O)[C@@H](O)C6O)cc5)CCC4(C)C3CCC12C. The minimum absolute atomic E-state index is 0.152. The maximum absolute atomic E-state index is 13.0. The van der Waals surface area contributed by atoms with Gasteiger partial charge < -0.3 is 34.6 Å². The molecule has 1 saturated heterocycles. The van der Waals surface area contributed by atoms with Gasteiger partial charge in [-0.05, 0) is 116 Å². The minimum atomic E-state index is -1.52. The third-order valence-corrected chi connectivity index (χ3v) is 13.7. The Kier molecular flexibility index (Phi) is 11.1. The number of hydrogen-bond donors (Lipinski definition) is 5. The Balaban J connectivity index is 1.01. The molecule has 274 valence electrons. The van der Waals surface area contributed by atoms with Crippen molar-refractivity contribution in [2.45, 2.75) is 142 Å². The molecule has 0 spiro atoms. The molecule has 1 aliphatic heterocycles. The molecule has 3 saturated carbocycles. The lowest BCUT2D eigenvalue weighted by Crippen LogP contribution is -2.60. The van der Waals surface area contributed by atoms with Crippen LogP contribution in [0.15, 0.2) is 35.9 Å². The summed E-state index contributed by atoms with van der Waals surface area (Å²) in [7, 11) is 0. The standard InChI is InChI=1S/C40H61NO8/c1-23(2)7-6-8-24(3)30-15-16-31-29-14-9-25-21-28(17-19-39(25,4)32(29)18-20-40(30,31)5)48-38(46)41-26-10-12-27(13-11-26)47-37-36(45)35(44)34(43)33(22-42)49-37/h9-13,23-24,28-37,42-45H,6-8,14-22H2,1-5H3,(H,41,46)/t24?,28?,29?,30?,31?,32?,33?,34-,35+,36?,37+,39?,40?/m0/s1. The summed E-state index contributed by atoms with van der Waals surface area (Å²) in [5.41, 5.74) is 2.69. The number of allylic oxidation sites excluding steroid dienone is 1. The molecule has 5 N–H and O–H groups in total. The van der Waals surface area contributed by atoms with E-state index in [1.54, 1.807) is 24.3 Å². The fourth-order valence-corrected chi connectivity index (χ4v) is 11.0. The summed E-state index contributed by atoms with van der Waals surface area (Å²) >= 11 is 0.